The fourth-order valence-corrected chi connectivity index (χ4v) is 2.33. The molecule has 1 unspecified atom stereocenters. The second-order valence-corrected chi connectivity index (χ2v) is 6.93. The van der Waals surface area contributed by atoms with Crippen molar-refractivity contribution in [3.8, 4) is 0 Å². The van der Waals surface area contributed by atoms with Gasteiger partial charge in [0.25, 0.3) is 0 Å². The Labute approximate surface area is 148 Å². The van der Waals surface area contributed by atoms with Gasteiger partial charge >= 0.3 is 6.03 Å². The second kappa shape index (κ2) is 8.62. The van der Waals surface area contributed by atoms with Crippen molar-refractivity contribution in [2.75, 3.05) is 11.9 Å². The summed E-state index contributed by atoms with van der Waals surface area (Å²) in [6.07, 6.45) is 4.89. The van der Waals surface area contributed by atoms with Gasteiger partial charge < -0.3 is 10.4 Å². The molecule has 2 amide bonds. The topological polar surface area (TPSA) is 92.1 Å². The van der Waals surface area contributed by atoms with Crippen molar-refractivity contribution >= 4 is 11.8 Å². The summed E-state index contributed by atoms with van der Waals surface area (Å²) in [5.74, 6) is 1.09. The minimum Gasteiger partial charge on any atom is -0.388 e. The minimum atomic E-state index is -0.921. The molecule has 0 spiro atoms. The van der Waals surface area contributed by atoms with Crippen molar-refractivity contribution in [1.29, 1.82) is 0 Å². The Balaban J connectivity index is 1.86. The molecule has 0 saturated carbocycles. The van der Waals surface area contributed by atoms with Gasteiger partial charge in [-0.1, -0.05) is 19.9 Å². The molecule has 3 N–H and O–H groups in total. The first-order valence-corrected chi connectivity index (χ1v) is 8.55. The average Bonchev–Trinajstić information content (AvgIpc) is 2.99. The van der Waals surface area contributed by atoms with E-state index in [0.29, 0.717) is 24.7 Å². The Bertz CT molecular complexity index is 667. The van der Waals surface area contributed by atoms with E-state index in [4.69, 9.17) is 0 Å². The number of amides is 2. The molecule has 0 radical (unpaired) electrons. The van der Waals surface area contributed by atoms with E-state index in [0.717, 1.165) is 12.1 Å². The van der Waals surface area contributed by atoms with Crippen LogP contribution < -0.4 is 10.6 Å². The van der Waals surface area contributed by atoms with E-state index in [1.807, 2.05) is 18.2 Å². The summed E-state index contributed by atoms with van der Waals surface area (Å²) in [7, 11) is 0. The number of anilines is 1. The predicted octanol–water partition coefficient (Wildman–Crippen LogP) is 2.64. The van der Waals surface area contributed by atoms with Crippen LogP contribution in [0.3, 0.4) is 0 Å². The van der Waals surface area contributed by atoms with Crippen molar-refractivity contribution in [2.45, 2.75) is 45.8 Å². The van der Waals surface area contributed by atoms with E-state index in [2.05, 4.69) is 34.6 Å². The van der Waals surface area contributed by atoms with Crippen molar-refractivity contribution in [3.05, 3.63) is 42.4 Å². The fourth-order valence-electron chi connectivity index (χ4n) is 2.33. The molecule has 0 bridgehead atoms. The number of rotatable bonds is 8. The van der Waals surface area contributed by atoms with Gasteiger partial charge in [-0.3, -0.25) is 10.3 Å². The SMILES string of the molecule is CC(C)CCC(C)(O)CNC(=O)Nc1ccnn1Cc1ccccn1. The molecule has 136 valence electrons. The molecule has 0 fully saturated rings. The minimum absolute atomic E-state index is 0.194. The molecule has 2 aromatic rings. The van der Waals surface area contributed by atoms with Gasteiger partial charge in [-0.25, -0.2) is 9.48 Å². The van der Waals surface area contributed by atoms with Crippen molar-refractivity contribution in [3.63, 3.8) is 0 Å². The van der Waals surface area contributed by atoms with Crippen LogP contribution >= 0.6 is 0 Å². The van der Waals surface area contributed by atoms with Gasteiger partial charge in [-0.05, 0) is 37.8 Å². The van der Waals surface area contributed by atoms with Crippen molar-refractivity contribution in [1.82, 2.24) is 20.1 Å². The maximum absolute atomic E-state index is 12.1. The van der Waals surface area contributed by atoms with Crippen LogP contribution in [0.4, 0.5) is 10.6 Å². The number of hydrogen-bond donors (Lipinski definition) is 3. The first-order chi connectivity index (χ1) is 11.9. The van der Waals surface area contributed by atoms with Gasteiger partial charge in [0.2, 0.25) is 0 Å². The second-order valence-electron chi connectivity index (χ2n) is 6.93. The summed E-state index contributed by atoms with van der Waals surface area (Å²) >= 11 is 0. The first kappa shape index (κ1) is 18.9. The third-order valence-corrected chi connectivity index (χ3v) is 3.89. The molecular formula is C18H27N5O2. The number of aromatic nitrogens is 3. The number of nitrogens with one attached hydrogen (secondary N) is 2. The lowest BCUT2D eigenvalue weighted by molar-refractivity contribution is 0.0481. The Morgan fingerprint density at radius 1 is 1.32 bits per heavy atom. The Hall–Kier alpha value is -2.41. The van der Waals surface area contributed by atoms with Crippen LogP contribution in [-0.4, -0.2) is 38.0 Å². The number of nitrogens with zero attached hydrogens (tertiary/aromatic N) is 3. The number of carbonyl (C=O) groups excluding carboxylic acids is 1. The van der Waals surface area contributed by atoms with E-state index in [1.165, 1.54) is 0 Å². The van der Waals surface area contributed by atoms with Crippen LogP contribution in [0.1, 0.15) is 39.3 Å². The smallest absolute Gasteiger partial charge is 0.320 e. The van der Waals surface area contributed by atoms with E-state index >= 15 is 0 Å². The van der Waals surface area contributed by atoms with Gasteiger partial charge in [-0.15, -0.1) is 0 Å². The standard InChI is InChI=1S/C18H27N5O2/c1-14(2)7-9-18(3,25)13-20-17(24)22-16-8-11-21-23(16)12-15-6-4-5-10-19-15/h4-6,8,10-11,14,25H,7,9,12-13H2,1-3H3,(H2,20,22,24). The number of aliphatic hydroxyl groups is 1. The lowest BCUT2D eigenvalue weighted by Gasteiger charge is -2.24. The van der Waals surface area contributed by atoms with Crippen LogP contribution in [0.15, 0.2) is 36.7 Å². The van der Waals surface area contributed by atoms with Crippen molar-refractivity contribution in [2.24, 2.45) is 5.92 Å². The van der Waals surface area contributed by atoms with Gasteiger partial charge in [0, 0.05) is 18.8 Å². The van der Waals surface area contributed by atoms with Crippen LogP contribution in [-0.2, 0) is 6.54 Å². The third kappa shape index (κ3) is 6.54. The van der Waals surface area contributed by atoms with Crippen LogP contribution in [0.5, 0.6) is 0 Å². The van der Waals surface area contributed by atoms with Crippen LogP contribution in [0.25, 0.3) is 0 Å². The molecule has 25 heavy (non-hydrogen) atoms. The molecule has 1 atom stereocenters. The highest BCUT2D eigenvalue weighted by atomic mass is 16.3. The predicted molar refractivity (Wildman–Crippen MR) is 97.3 cm³/mol. The monoisotopic (exact) mass is 345 g/mol. The molecule has 7 nitrogen and oxygen atoms in total. The van der Waals surface area contributed by atoms with Gasteiger partial charge in [0.05, 0.1) is 24.0 Å². The largest absolute Gasteiger partial charge is 0.388 e. The molecule has 0 saturated heterocycles. The molecule has 2 heterocycles. The zero-order chi connectivity index (χ0) is 18.3. The number of pyridine rings is 1. The third-order valence-electron chi connectivity index (χ3n) is 3.89. The Kier molecular flexibility index (Phi) is 6.52. The summed E-state index contributed by atoms with van der Waals surface area (Å²) in [6, 6.07) is 7.01. The summed E-state index contributed by atoms with van der Waals surface area (Å²) in [5, 5.41) is 20.0. The number of hydrogen-bond acceptors (Lipinski definition) is 4. The van der Waals surface area contributed by atoms with Crippen molar-refractivity contribution < 1.29 is 9.90 Å². The molecule has 0 aromatic carbocycles. The normalized spacial score (nSPS) is 13.5. The summed E-state index contributed by atoms with van der Waals surface area (Å²) < 4.78 is 1.67. The molecular weight excluding hydrogens is 318 g/mol. The van der Waals surface area contributed by atoms with Gasteiger partial charge in [0.1, 0.15) is 5.82 Å². The highest BCUT2D eigenvalue weighted by Gasteiger charge is 2.21. The highest BCUT2D eigenvalue weighted by Crippen LogP contribution is 2.15. The van der Waals surface area contributed by atoms with E-state index in [-0.39, 0.29) is 12.6 Å². The molecule has 0 aliphatic rings. The summed E-state index contributed by atoms with van der Waals surface area (Å²) in [5.41, 5.74) is -0.0678. The van der Waals surface area contributed by atoms with Crippen LogP contribution in [0, 0.1) is 5.92 Å². The lowest BCUT2D eigenvalue weighted by atomic mass is 9.95. The maximum atomic E-state index is 12.1. The summed E-state index contributed by atoms with van der Waals surface area (Å²) in [6.45, 7) is 6.62. The number of urea groups is 1. The van der Waals surface area contributed by atoms with E-state index < -0.39 is 5.60 Å². The van der Waals surface area contributed by atoms with E-state index in [1.54, 1.807) is 30.1 Å². The summed E-state index contributed by atoms with van der Waals surface area (Å²) in [4.78, 5) is 16.4. The zero-order valence-electron chi connectivity index (χ0n) is 15.1. The highest BCUT2D eigenvalue weighted by molar-refractivity contribution is 5.88. The molecule has 2 rings (SSSR count). The zero-order valence-corrected chi connectivity index (χ0v) is 15.1. The Morgan fingerprint density at radius 3 is 2.80 bits per heavy atom. The lowest BCUT2D eigenvalue weighted by Crippen LogP contribution is -2.42. The maximum Gasteiger partial charge on any atom is 0.320 e. The number of carbonyl (C=O) groups is 1. The van der Waals surface area contributed by atoms with E-state index in [9.17, 15) is 9.90 Å². The van der Waals surface area contributed by atoms with Crippen LogP contribution in [0.2, 0.25) is 0 Å². The van der Waals surface area contributed by atoms with Gasteiger partial charge in [0.15, 0.2) is 0 Å². The molecule has 0 aliphatic heterocycles. The fraction of sp³-hybridized carbons (Fsp3) is 0.500. The quantitative estimate of drug-likeness (QED) is 0.686. The first-order valence-electron chi connectivity index (χ1n) is 8.55. The molecule has 7 heteroatoms. The average molecular weight is 345 g/mol. The Morgan fingerprint density at radius 2 is 2.12 bits per heavy atom. The molecule has 0 aliphatic carbocycles. The van der Waals surface area contributed by atoms with Gasteiger partial charge in [-0.2, -0.15) is 5.10 Å². The molecule has 2 aromatic heterocycles.